The third-order valence-electron chi connectivity index (χ3n) is 5.38. The molecule has 2 atom stereocenters. The smallest absolute Gasteiger partial charge is 0.232 e. The minimum atomic E-state index is -0.231. The highest BCUT2D eigenvalue weighted by Gasteiger charge is 2.41. The summed E-state index contributed by atoms with van der Waals surface area (Å²) in [6, 6.07) is 9.65. The molecule has 25 heavy (non-hydrogen) atoms. The fraction of sp³-hybridized carbons (Fsp3) is 0.421. The van der Waals surface area contributed by atoms with E-state index in [1.165, 1.54) is 0 Å². The first-order valence-corrected chi connectivity index (χ1v) is 8.81. The lowest BCUT2D eigenvalue weighted by Crippen LogP contribution is -2.48. The van der Waals surface area contributed by atoms with Gasteiger partial charge in [0, 0.05) is 20.0 Å². The summed E-state index contributed by atoms with van der Waals surface area (Å²) in [4.78, 5) is 29.3. The van der Waals surface area contributed by atoms with E-state index in [2.05, 4.69) is 10.2 Å². The topological polar surface area (TPSA) is 69.3 Å². The number of H-pyrrole nitrogens is 1. The average molecular weight is 338 g/mol. The molecular formula is C19H22N4O2. The standard InChI is InChI=1S/C19H22N4O2/c1-22-17(24)10-9-14(18(22)13-6-3-2-4-7-13)19(25)23-11-5-8-15-16(23)12-20-21-15/h2-4,6-7,12,14,18H,5,8-11H2,1H3,(H,20,21)/t14-,18+/m0/s1. The van der Waals surface area contributed by atoms with Crippen LogP contribution in [-0.2, 0) is 16.0 Å². The van der Waals surface area contributed by atoms with Crippen molar-refractivity contribution in [1.82, 2.24) is 15.1 Å². The predicted octanol–water partition coefficient (Wildman–Crippen LogP) is 2.30. The lowest BCUT2D eigenvalue weighted by molar-refractivity contribution is -0.140. The molecule has 2 aromatic rings. The van der Waals surface area contributed by atoms with Gasteiger partial charge in [-0.1, -0.05) is 30.3 Å². The van der Waals surface area contributed by atoms with Gasteiger partial charge in [0.15, 0.2) is 0 Å². The molecule has 3 heterocycles. The molecule has 0 saturated carbocycles. The van der Waals surface area contributed by atoms with Crippen molar-refractivity contribution in [3.8, 4) is 0 Å². The number of rotatable bonds is 2. The maximum absolute atomic E-state index is 13.4. The van der Waals surface area contributed by atoms with Crippen LogP contribution in [0, 0.1) is 5.92 Å². The summed E-state index contributed by atoms with van der Waals surface area (Å²) in [6.07, 6.45) is 4.60. The molecule has 2 aliphatic heterocycles. The molecule has 0 aliphatic carbocycles. The third-order valence-corrected chi connectivity index (χ3v) is 5.38. The van der Waals surface area contributed by atoms with Crippen molar-refractivity contribution < 1.29 is 9.59 Å². The van der Waals surface area contributed by atoms with Gasteiger partial charge >= 0.3 is 0 Å². The molecule has 0 unspecified atom stereocenters. The second-order valence-electron chi connectivity index (χ2n) is 6.83. The number of amides is 2. The zero-order valence-electron chi connectivity index (χ0n) is 14.3. The van der Waals surface area contributed by atoms with Gasteiger partial charge in [-0.3, -0.25) is 14.7 Å². The molecular weight excluding hydrogens is 316 g/mol. The van der Waals surface area contributed by atoms with Crippen molar-refractivity contribution in [2.45, 2.75) is 31.7 Å². The monoisotopic (exact) mass is 338 g/mol. The van der Waals surface area contributed by atoms with Gasteiger partial charge < -0.3 is 9.80 Å². The quantitative estimate of drug-likeness (QED) is 0.913. The van der Waals surface area contributed by atoms with Gasteiger partial charge in [0.05, 0.1) is 29.5 Å². The molecule has 1 fully saturated rings. The number of aromatic nitrogens is 2. The van der Waals surface area contributed by atoms with E-state index in [0.29, 0.717) is 19.4 Å². The molecule has 4 rings (SSSR count). The van der Waals surface area contributed by atoms with Crippen LogP contribution < -0.4 is 4.90 Å². The number of hydrogen-bond acceptors (Lipinski definition) is 3. The van der Waals surface area contributed by atoms with Crippen LogP contribution in [0.25, 0.3) is 0 Å². The first-order chi connectivity index (χ1) is 12.2. The van der Waals surface area contributed by atoms with Gasteiger partial charge in [0.1, 0.15) is 0 Å². The van der Waals surface area contributed by atoms with E-state index < -0.39 is 0 Å². The SMILES string of the molecule is CN1C(=O)CC[C@H](C(=O)N2CCCc3[nH]ncc32)[C@H]1c1ccccc1. The minimum absolute atomic E-state index is 0.0931. The number of hydrogen-bond donors (Lipinski definition) is 1. The van der Waals surface area contributed by atoms with E-state index in [1.807, 2.05) is 35.2 Å². The van der Waals surface area contributed by atoms with Crippen LogP contribution in [0.3, 0.4) is 0 Å². The number of nitrogens with zero attached hydrogens (tertiary/aromatic N) is 3. The van der Waals surface area contributed by atoms with Crippen LogP contribution >= 0.6 is 0 Å². The van der Waals surface area contributed by atoms with E-state index in [9.17, 15) is 9.59 Å². The van der Waals surface area contributed by atoms with Gasteiger partial charge in [-0.2, -0.15) is 5.10 Å². The molecule has 0 radical (unpaired) electrons. The molecule has 1 N–H and O–H groups in total. The number of benzene rings is 1. The molecule has 2 amide bonds. The summed E-state index contributed by atoms with van der Waals surface area (Å²) in [5.41, 5.74) is 2.93. The zero-order chi connectivity index (χ0) is 17.4. The van der Waals surface area contributed by atoms with Crippen LogP contribution in [0.5, 0.6) is 0 Å². The molecule has 1 aromatic heterocycles. The van der Waals surface area contributed by atoms with Gasteiger partial charge in [-0.25, -0.2) is 0 Å². The lowest BCUT2D eigenvalue weighted by Gasteiger charge is -2.41. The van der Waals surface area contributed by atoms with Gasteiger partial charge in [-0.15, -0.1) is 0 Å². The maximum Gasteiger partial charge on any atom is 0.232 e. The number of aromatic amines is 1. The Morgan fingerprint density at radius 2 is 2.04 bits per heavy atom. The van der Waals surface area contributed by atoms with Gasteiger partial charge in [0.2, 0.25) is 11.8 Å². The van der Waals surface area contributed by atoms with Crippen LogP contribution in [0.15, 0.2) is 36.5 Å². The molecule has 6 heteroatoms. The van der Waals surface area contributed by atoms with Crippen molar-refractivity contribution in [1.29, 1.82) is 0 Å². The number of piperidine rings is 1. The maximum atomic E-state index is 13.4. The van der Waals surface area contributed by atoms with Crippen molar-refractivity contribution in [3.05, 3.63) is 47.8 Å². The molecule has 0 spiro atoms. The molecule has 2 aliphatic rings. The second kappa shape index (κ2) is 6.35. The number of fused-ring (bicyclic) bond motifs is 1. The van der Waals surface area contributed by atoms with Crippen molar-refractivity contribution in [3.63, 3.8) is 0 Å². The average Bonchev–Trinajstić information content (AvgIpc) is 3.12. The van der Waals surface area contributed by atoms with E-state index in [-0.39, 0.29) is 23.8 Å². The summed E-state index contributed by atoms with van der Waals surface area (Å²) in [6.45, 7) is 0.709. The number of anilines is 1. The van der Waals surface area contributed by atoms with Gasteiger partial charge in [0.25, 0.3) is 0 Å². The summed E-state index contributed by atoms with van der Waals surface area (Å²) in [7, 11) is 1.80. The Kier molecular flexibility index (Phi) is 4.03. The Labute approximate surface area is 146 Å². The fourth-order valence-corrected chi connectivity index (χ4v) is 4.09. The summed E-state index contributed by atoms with van der Waals surface area (Å²) < 4.78 is 0. The number of aryl methyl sites for hydroxylation is 1. The van der Waals surface area contributed by atoms with Crippen LogP contribution in [-0.4, -0.2) is 40.5 Å². The first-order valence-electron chi connectivity index (χ1n) is 8.81. The van der Waals surface area contributed by atoms with Crippen LogP contribution in [0.1, 0.15) is 36.6 Å². The van der Waals surface area contributed by atoms with Crippen molar-refractivity contribution in [2.75, 3.05) is 18.5 Å². The number of likely N-dealkylation sites (tertiary alicyclic amines) is 1. The Morgan fingerprint density at radius 1 is 1.24 bits per heavy atom. The van der Waals surface area contributed by atoms with Crippen molar-refractivity contribution >= 4 is 17.5 Å². The highest BCUT2D eigenvalue weighted by Crippen LogP contribution is 2.38. The second-order valence-corrected chi connectivity index (χ2v) is 6.83. The summed E-state index contributed by atoms with van der Waals surface area (Å²) in [5.74, 6) is -0.0398. The normalized spacial score (nSPS) is 23.5. The molecule has 6 nitrogen and oxygen atoms in total. The van der Waals surface area contributed by atoms with Crippen LogP contribution in [0.2, 0.25) is 0 Å². The first kappa shape index (κ1) is 15.9. The summed E-state index contributed by atoms with van der Waals surface area (Å²) in [5, 5.41) is 7.10. The van der Waals surface area contributed by atoms with Crippen molar-refractivity contribution in [2.24, 2.45) is 5.92 Å². The van der Waals surface area contributed by atoms with E-state index in [4.69, 9.17) is 0 Å². The minimum Gasteiger partial charge on any atom is -0.338 e. The Hall–Kier alpha value is -2.63. The van der Waals surface area contributed by atoms with E-state index in [1.54, 1.807) is 18.1 Å². The zero-order valence-corrected chi connectivity index (χ0v) is 14.3. The highest BCUT2D eigenvalue weighted by atomic mass is 16.2. The molecule has 130 valence electrons. The van der Waals surface area contributed by atoms with Crippen LogP contribution in [0.4, 0.5) is 5.69 Å². The predicted molar refractivity (Wildman–Crippen MR) is 93.9 cm³/mol. The summed E-state index contributed by atoms with van der Waals surface area (Å²) >= 11 is 0. The van der Waals surface area contributed by atoms with E-state index >= 15 is 0 Å². The third kappa shape index (κ3) is 2.71. The Balaban J connectivity index is 1.68. The number of carbonyl (C=O) groups excluding carboxylic acids is 2. The fourth-order valence-electron chi connectivity index (χ4n) is 4.09. The number of carbonyl (C=O) groups is 2. The largest absolute Gasteiger partial charge is 0.338 e. The highest BCUT2D eigenvalue weighted by molar-refractivity contribution is 5.97. The molecule has 1 saturated heterocycles. The molecule has 0 bridgehead atoms. The molecule has 1 aromatic carbocycles. The Bertz CT molecular complexity index is 786. The number of nitrogens with one attached hydrogen (secondary N) is 1. The van der Waals surface area contributed by atoms with Gasteiger partial charge in [-0.05, 0) is 24.8 Å². The lowest BCUT2D eigenvalue weighted by atomic mass is 9.83. The van der Waals surface area contributed by atoms with E-state index in [0.717, 1.165) is 29.8 Å². The Morgan fingerprint density at radius 3 is 2.84 bits per heavy atom.